The maximum atomic E-state index is 12.1. The molecule has 0 saturated carbocycles. The number of hydrogen-bond donors (Lipinski definition) is 3. The van der Waals surface area contributed by atoms with Gasteiger partial charge in [-0.25, -0.2) is 0 Å². The van der Waals surface area contributed by atoms with Crippen LogP contribution in [0, 0.1) is 0 Å². The number of amides is 2. The SMILES string of the molecule is O=C1CNC(C(=O)N2CCCC2CO)CN1. The smallest absolute Gasteiger partial charge is 0.241 e. The van der Waals surface area contributed by atoms with Gasteiger partial charge >= 0.3 is 0 Å². The third-order valence-electron chi connectivity index (χ3n) is 3.18. The first-order valence-corrected chi connectivity index (χ1v) is 5.64. The summed E-state index contributed by atoms with van der Waals surface area (Å²) in [4.78, 5) is 24.7. The molecular formula is C10H17N3O3. The van der Waals surface area contributed by atoms with E-state index in [9.17, 15) is 9.59 Å². The highest BCUT2D eigenvalue weighted by Gasteiger charge is 2.34. The van der Waals surface area contributed by atoms with Crippen molar-refractivity contribution in [3.05, 3.63) is 0 Å². The van der Waals surface area contributed by atoms with Gasteiger partial charge in [0.15, 0.2) is 0 Å². The van der Waals surface area contributed by atoms with E-state index in [1.165, 1.54) is 0 Å². The summed E-state index contributed by atoms with van der Waals surface area (Å²) in [6, 6.07) is -0.392. The van der Waals surface area contributed by atoms with Gasteiger partial charge in [-0.05, 0) is 12.8 Å². The molecule has 6 heteroatoms. The van der Waals surface area contributed by atoms with E-state index in [-0.39, 0.29) is 37.0 Å². The van der Waals surface area contributed by atoms with Gasteiger partial charge in [-0.15, -0.1) is 0 Å². The van der Waals surface area contributed by atoms with Crippen LogP contribution in [0.5, 0.6) is 0 Å². The molecule has 2 fully saturated rings. The molecule has 0 aromatic carbocycles. The molecule has 2 aliphatic rings. The Balaban J connectivity index is 1.94. The van der Waals surface area contributed by atoms with Crippen LogP contribution in [0.1, 0.15) is 12.8 Å². The molecule has 0 bridgehead atoms. The highest BCUT2D eigenvalue weighted by molar-refractivity contribution is 5.87. The number of likely N-dealkylation sites (tertiary alicyclic amines) is 1. The topological polar surface area (TPSA) is 81.7 Å². The fourth-order valence-electron chi connectivity index (χ4n) is 2.26. The van der Waals surface area contributed by atoms with Crippen LogP contribution < -0.4 is 10.6 Å². The minimum atomic E-state index is -0.343. The summed E-state index contributed by atoms with van der Waals surface area (Å²) in [5.74, 6) is -0.0965. The van der Waals surface area contributed by atoms with E-state index >= 15 is 0 Å². The highest BCUT2D eigenvalue weighted by atomic mass is 16.3. The number of aliphatic hydroxyl groups excluding tert-OH is 1. The van der Waals surface area contributed by atoms with Crippen LogP contribution in [-0.4, -0.2) is 60.1 Å². The fourth-order valence-corrected chi connectivity index (χ4v) is 2.26. The normalized spacial score (nSPS) is 30.3. The lowest BCUT2D eigenvalue weighted by molar-refractivity contribution is -0.136. The Bertz CT molecular complexity index is 285. The van der Waals surface area contributed by atoms with Gasteiger partial charge < -0.3 is 15.3 Å². The molecule has 2 amide bonds. The summed E-state index contributed by atoms with van der Waals surface area (Å²) in [6.45, 7) is 1.25. The molecule has 2 heterocycles. The average molecular weight is 227 g/mol. The summed E-state index contributed by atoms with van der Waals surface area (Å²) < 4.78 is 0. The predicted octanol–water partition coefficient (Wildman–Crippen LogP) is -1.94. The van der Waals surface area contributed by atoms with E-state index < -0.39 is 0 Å². The lowest BCUT2D eigenvalue weighted by Gasteiger charge is -2.30. The van der Waals surface area contributed by atoms with Crippen LogP contribution in [0.25, 0.3) is 0 Å². The number of carbonyl (C=O) groups is 2. The van der Waals surface area contributed by atoms with Crippen molar-refractivity contribution in [1.82, 2.24) is 15.5 Å². The molecule has 16 heavy (non-hydrogen) atoms. The zero-order valence-electron chi connectivity index (χ0n) is 9.11. The molecule has 2 atom stereocenters. The van der Waals surface area contributed by atoms with Crippen LogP contribution in [0.2, 0.25) is 0 Å². The Kier molecular flexibility index (Phi) is 3.40. The molecule has 0 radical (unpaired) electrons. The number of aliphatic hydroxyl groups is 1. The van der Waals surface area contributed by atoms with Gasteiger partial charge in [0.2, 0.25) is 11.8 Å². The van der Waals surface area contributed by atoms with Crippen molar-refractivity contribution in [2.45, 2.75) is 24.9 Å². The van der Waals surface area contributed by atoms with Gasteiger partial charge in [-0.3, -0.25) is 14.9 Å². The molecule has 0 spiro atoms. The van der Waals surface area contributed by atoms with Crippen LogP contribution in [0.15, 0.2) is 0 Å². The van der Waals surface area contributed by atoms with Gasteiger partial charge in [0, 0.05) is 13.1 Å². The number of rotatable bonds is 2. The second-order valence-electron chi connectivity index (χ2n) is 4.25. The molecule has 3 N–H and O–H groups in total. The van der Waals surface area contributed by atoms with Crippen molar-refractivity contribution in [1.29, 1.82) is 0 Å². The van der Waals surface area contributed by atoms with Crippen molar-refractivity contribution < 1.29 is 14.7 Å². The summed E-state index contributed by atoms with van der Waals surface area (Å²) in [7, 11) is 0. The zero-order valence-corrected chi connectivity index (χ0v) is 9.11. The minimum absolute atomic E-state index is 0.0171. The Morgan fingerprint density at radius 2 is 2.38 bits per heavy atom. The van der Waals surface area contributed by atoms with Crippen molar-refractivity contribution >= 4 is 11.8 Å². The maximum Gasteiger partial charge on any atom is 0.241 e. The van der Waals surface area contributed by atoms with E-state index in [0.717, 1.165) is 12.8 Å². The van der Waals surface area contributed by atoms with E-state index in [1.807, 2.05) is 0 Å². The summed E-state index contributed by atoms with van der Waals surface area (Å²) >= 11 is 0. The van der Waals surface area contributed by atoms with E-state index in [2.05, 4.69) is 10.6 Å². The third kappa shape index (κ3) is 2.17. The summed E-state index contributed by atoms with van der Waals surface area (Å²) in [5, 5.41) is 14.7. The van der Waals surface area contributed by atoms with Gasteiger partial charge in [0.25, 0.3) is 0 Å². The monoisotopic (exact) mass is 227 g/mol. The Morgan fingerprint density at radius 3 is 3.00 bits per heavy atom. The predicted molar refractivity (Wildman–Crippen MR) is 56.6 cm³/mol. The molecule has 90 valence electrons. The third-order valence-corrected chi connectivity index (χ3v) is 3.18. The largest absolute Gasteiger partial charge is 0.394 e. The average Bonchev–Trinajstić information content (AvgIpc) is 2.77. The minimum Gasteiger partial charge on any atom is -0.394 e. The number of hydrogen-bond acceptors (Lipinski definition) is 4. The lowest BCUT2D eigenvalue weighted by Crippen LogP contribution is -2.59. The molecule has 2 rings (SSSR count). The van der Waals surface area contributed by atoms with E-state index in [0.29, 0.717) is 13.1 Å². The fraction of sp³-hybridized carbons (Fsp3) is 0.800. The van der Waals surface area contributed by atoms with Crippen molar-refractivity contribution in [3.63, 3.8) is 0 Å². The first kappa shape index (κ1) is 11.3. The van der Waals surface area contributed by atoms with Crippen LogP contribution in [0.4, 0.5) is 0 Å². The van der Waals surface area contributed by atoms with Gasteiger partial charge in [-0.1, -0.05) is 0 Å². The van der Waals surface area contributed by atoms with Crippen LogP contribution in [-0.2, 0) is 9.59 Å². The molecule has 2 unspecified atom stereocenters. The lowest BCUT2D eigenvalue weighted by atomic mass is 10.2. The summed E-state index contributed by atoms with van der Waals surface area (Å²) in [6.07, 6.45) is 1.80. The maximum absolute atomic E-state index is 12.1. The van der Waals surface area contributed by atoms with Crippen molar-refractivity contribution in [2.24, 2.45) is 0 Å². The standard InChI is InChI=1S/C10H17N3O3/c14-6-7-2-1-3-13(7)10(16)8-4-12-9(15)5-11-8/h7-8,11,14H,1-6H2,(H,12,15). The van der Waals surface area contributed by atoms with Crippen LogP contribution >= 0.6 is 0 Å². The van der Waals surface area contributed by atoms with Gasteiger partial charge in [-0.2, -0.15) is 0 Å². The molecule has 2 aliphatic heterocycles. The number of nitrogens with zero attached hydrogens (tertiary/aromatic N) is 1. The molecule has 0 aromatic rings. The Hall–Kier alpha value is -1.14. The molecule has 6 nitrogen and oxygen atoms in total. The second kappa shape index (κ2) is 4.80. The van der Waals surface area contributed by atoms with Crippen LogP contribution in [0.3, 0.4) is 0 Å². The number of carbonyl (C=O) groups excluding carboxylic acids is 2. The van der Waals surface area contributed by atoms with Gasteiger partial charge in [0.1, 0.15) is 6.04 Å². The number of piperazine rings is 1. The molecule has 2 saturated heterocycles. The molecular weight excluding hydrogens is 210 g/mol. The molecule has 0 aliphatic carbocycles. The van der Waals surface area contributed by atoms with Crippen molar-refractivity contribution in [2.75, 3.05) is 26.2 Å². The Labute approximate surface area is 94.0 Å². The molecule has 0 aromatic heterocycles. The van der Waals surface area contributed by atoms with E-state index in [1.54, 1.807) is 4.90 Å². The van der Waals surface area contributed by atoms with Gasteiger partial charge in [0.05, 0.1) is 19.2 Å². The summed E-state index contributed by atoms with van der Waals surface area (Å²) in [5.41, 5.74) is 0. The van der Waals surface area contributed by atoms with Crippen molar-refractivity contribution in [3.8, 4) is 0 Å². The second-order valence-corrected chi connectivity index (χ2v) is 4.25. The first-order valence-electron chi connectivity index (χ1n) is 5.64. The zero-order chi connectivity index (χ0) is 11.5. The Morgan fingerprint density at radius 1 is 1.56 bits per heavy atom. The first-order chi connectivity index (χ1) is 7.72. The highest BCUT2D eigenvalue weighted by Crippen LogP contribution is 2.17. The number of nitrogens with one attached hydrogen (secondary N) is 2. The quantitative estimate of drug-likeness (QED) is 0.512. The van der Waals surface area contributed by atoms with E-state index in [4.69, 9.17) is 5.11 Å².